The van der Waals surface area contributed by atoms with Crippen LogP contribution in [0.15, 0.2) is 65.1 Å². The number of aryl methyl sites for hydroxylation is 1. The molecule has 0 radical (unpaired) electrons. The highest BCUT2D eigenvalue weighted by atomic mass is 35.5. The Balaban J connectivity index is 1.48. The summed E-state index contributed by atoms with van der Waals surface area (Å²) in [7, 11) is 0. The smallest absolute Gasteiger partial charge is 0.191 e. The van der Waals surface area contributed by atoms with Crippen LogP contribution in [-0.4, -0.2) is 19.7 Å². The Bertz CT molecular complexity index is 1040. The molecule has 136 valence electrons. The van der Waals surface area contributed by atoms with Gasteiger partial charge in [0.25, 0.3) is 0 Å². The average molecular weight is 413 g/mol. The number of halogens is 1. The zero-order valence-corrected chi connectivity index (χ0v) is 17.1. The van der Waals surface area contributed by atoms with Gasteiger partial charge < -0.3 is 4.57 Å². The van der Waals surface area contributed by atoms with Crippen molar-refractivity contribution in [2.75, 3.05) is 0 Å². The second-order valence-corrected chi connectivity index (χ2v) is 8.22. The van der Waals surface area contributed by atoms with Crippen molar-refractivity contribution in [1.29, 1.82) is 0 Å². The summed E-state index contributed by atoms with van der Waals surface area (Å²) >= 11 is 9.55. The van der Waals surface area contributed by atoms with Crippen LogP contribution in [0.25, 0.3) is 10.6 Å². The number of aromatic nitrogens is 4. The average Bonchev–Trinajstić information content (AvgIpc) is 3.29. The Kier molecular flexibility index (Phi) is 5.57. The van der Waals surface area contributed by atoms with Crippen LogP contribution in [0.2, 0.25) is 5.02 Å². The summed E-state index contributed by atoms with van der Waals surface area (Å²) in [5.41, 5.74) is 3.23. The Morgan fingerprint density at radius 2 is 1.81 bits per heavy atom. The van der Waals surface area contributed by atoms with Crippen molar-refractivity contribution in [3.63, 3.8) is 0 Å². The molecular formula is C20H17ClN4S2. The van der Waals surface area contributed by atoms with Gasteiger partial charge in [0, 0.05) is 16.7 Å². The summed E-state index contributed by atoms with van der Waals surface area (Å²) < 4.78 is 2.14. The number of rotatable bonds is 6. The standard InChI is InChI=1S/C20H17ClN4S2/c1-14-23-24-20(25(14)11-15-7-3-2-4-8-15)27-13-16-12-26-19(22-16)17-9-5-6-10-18(17)21/h2-10,12H,11,13H2,1H3. The minimum atomic E-state index is 0.726. The van der Waals surface area contributed by atoms with Crippen molar-refractivity contribution in [2.45, 2.75) is 24.4 Å². The van der Waals surface area contributed by atoms with E-state index in [1.165, 1.54) is 5.56 Å². The zero-order chi connectivity index (χ0) is 18.6. The number of nitrogens with zero attached hydrogens (tertiary/aromatic N) is 4. The Hall–Kier alpha value is -2.15. The highest BCUT2D eigenvalue weighted by molar-refractivity contribution is 7.98. The molecule has 0 spiro atoms. The maximum absolute atomic E-state index is 6.28. The first-order valence-electron chi connectivity index (χ1n) is 8.46. The Morgan fingerprint density at radius 3 is 2.63 bits per heavy atom. The lowest BCUT2D eigenvalue weighted by Gasteiger charge is -2.08. The lowest BCUT2D eigenvalue weighted by Crippen LogP contribution is -2.03. The third-order valence-electron chi connectivity index (χ3n) is 4.09. The van der Waals surface area contributed by atoms with E-state index in [0.717, 1.165) is 44.6 Å². The quantitative estimate of drug-likeness (QED) is 0.381. The van der Waals surface area contributed by atoms with Crippen LogP contribution < -0.4 is 0 Å². The van der Waals surface area contributed by atoms with Crippen LogP contribution in [0.3, 0.4) is 0 Å². The van der Waals surface area contributed by atoms with Crippen molar-refractivity contribution in [3.8, 4) is 10.6 Å². The summed E-state index contributed by atoms with van der Waals surface area (Å²) in [5.74, 6) is 1.66. The molecule has 27 heavy (non-hydrogen) atoms. The fourth-order valence-corrected chi connectivity index (χ4v) is 4.81. The maximum Gasteiger partial charge on any atom is 0.191 e. The van der Waals surface area contributed by atoms with E-state index in [-0.39, 0.29) is 0 Å². The molecule has 0 bridgehead atoms. The van der Waals surface area contributed by atoms with E-state index < -0.39 is 0 Å². The Labute approximate surface area is 171 Å². The third-order valence-corrected chi connectivity index (χ3v) is 6.34. The van der Waals surface area contributed by atoms with Crippen molar-refractivity contribution in [2.24, 2.45) is 0 Å². The molecule has 4 aromatic rings. The number of thioether (sulfide) groups is 1. The van der Waals surface area contributed by atoms with Gasteiger partial charge in [-0.3, -0.25) is 0 Å². The van der Waals surface area contributed by atoms with Crippen LogP contribution >= 0.6 is 34.7 Å². The number of benzene rings is 2. The van der Waals surface area contributed by atoms with Crippen LogP contribution in [-0.2, 0) is 12.3 Å². The van der Waals surface area contributed by atoms with Crippen LogP contribution in [0.4, 0.5) is 0 Å². The second-order valence-electron chi connectivity index (χ2n) is 6.01. The molecule has 4 rings (SSSR count). The molecule has 0 amide bonds. The second kappa shape index (κ2) is 8.25. The molecule has 0 N–H and O–H groups in total. The highest BCUT2D eigenvalue weighted by Crippen LogP contribution is 2.31. The van der Waals surface area contributed by atoms with E-state index in [0.29, 0.717) is 0 Å². The largest absolute Gasteiger partial charge is 0.302 e. The van der Waals surface area contributed by atoms with Gasteiger partial charge in [-0.2, -0.15) is 0 Å². The summed E-state index contributed by atoms with van der Waals surface area (Å²) in [6, 6.07) is 18.1. The van der Waals surface area contributed by atoms with Gasteiger partial charge in [0.1, 0.15) is 10.8 Å². The van der Waals surface area contributed by atoms with E-state index in [9.17, 15) is 0 Å². The lowest BCUT2D eigenvalue weighted by molar-refractivity contribution is 0.688. The molecule has 2 aromatic carbocycles. The molecule has 0 unspecified atom stereocenters. The minimum absolute atomic E-state index is 0.726. The highest BCUT2D eigenvalue weighted by Gasteiger charge is 2.12. The van der Waals surface area contributed by atoms with Crippen molar-refractivity contribution in [1.82, 2.24) is 19.7 Å². The van der Waals surface area contributed by atoms with Gasteiger partial charge in [-0.1, -0.05) is 71.9 Å². The predicted octanol–water partition coefficient (Wildman–Crippen LogP) is 5.70. The van der Waals surface area contributed by atoms with Gasteiger partial charge in [0.2, 0.25) is 0 Å². The third kappa shape index (κ3) is 4.24. The molecule has 2 heterocycles. The predicted molar refractivity (Wildman–Crippen MR) is 112 cm³/mol. The first-order valence-corrected chi connectivity index (χ1v) is 10.7. The van der Waals surface area contributed by atoms with E-state index >= 15 is 0 Å². The zero-order valence-electron chi connectivity index (χ0n) is 14.7. The van der Waals surface area contributed by atoms with Crippen LogP contribution in [0.1, 0.15) is 17.1 Å². The van der Waals surface area contributed by atoms with Gasteiger partial charge in [-0.15, -0.1) is 21.5 Å². The fourth-order valence-electron chi connectivity index (χ4n) is 2.69. The summed E-state index contributed by atoms with van der Waals surface area (Å²) in [6.45, 7) is 2.75. The van der Waals surface area contributed by atoms with Crippen LogP contribution in [0, 0.1) is 6.92 Å². The summed E-state index contributed by atoms with van der Waals surface area (Å²) in [6.07, 6.45) is 0. The molecule has 0 atom stereocenters. The van der Waals surface area contributed by atoms with Gasteiger partial charge in [-0.25, -0.2) is 4.98 Å². The number of hydrogen-bond acceptors (Lipinski definition) is 5. The van der Waals surface area contributed by atoms with E-state index in [1.807, 2.05) is 49.4 Å². The van der Waals surface area contributed by atoms with E-state index in [1.54, 1.807) is 23.1 Å². The lowest BCUT2D eigenvalue weighted by atomic mass is 10.2. The van der Waals surface area contributed by atoms with Crippen molar-refractivity contribution >= 4 is 34.7 Å². The topological polar surface area (TPSA) is 43.6 Å². The first-order chi connectivity index (χ1) is 13.2. The molecule has 0 aliphatic carbocycles. The summed E-state index contributed by atoms with van der Waals surface area (Å²) in [4.78, 5) is 4.73. The molecule has 0 aliphatic rings. The Morgan fingerprint density at radius 1 is 1.04 bits per heavy atom. The number of thiazole rings is 1. The molecule has 4 nitrogen and oxygen atoms in total. The van der Waals surface area contributed by atoms with Crippen molar-refractivity contribution in [3.05, 3.63) is 82.1 Å². The molecule has 0 fully saturated rings. The van der Waals surface area contributed by atoms with Crippen molar-refractivity contribution < 1.29 is 0 Å². The SMILES string of the molecule is Cc1nnc(SCc2csc(-c3ccccc3Cl)n2)n1Cc1ccccc1. The van der Waals surface area contributed by atoms with Crippen LogP contribution in [0.5, 0.6) is 0 Å². The number of hydrogen-bond donors (Lipinski definition) is 0. The first kappa shape index (κ1) is 18.2. The summed E-state index contributed by atoms with van der Waals surface area (Å²) in [5, 5.41) is 13.2. The van der Waals surface area contributed by atoms with Gasteiger partial charge in [0.05, 0.1) is 17.3 Å². The molecule has 0 saturated carbocycles. The van der Waals surface area contributed by atoms with Gasteiger partial charge >= 0.3 is 0 Å². The van der Waals surface area contributed by atoms with E-state index in [4.69, 9.17) is 16.6 Å². The molecule has 0 saturated heterocycles. The minimum Gasteiger partial charge on any atom is -0.302 e. The fraction of sp³-hybridized carbons (Fsp3) is 0.150. The van der Waals surface area contributed by atoms with Gasteiger partial charge in [-0.05, 0) is 18.6 Å². The molecule has 7 heteroatoms. The molecule has 0 aliphatic heterocycles. The molecular weight excluding hydrogens is 396 g/mol. The maximum atomic E-state index is 6.28. The normalized spacial score (nSPS) is 11.0. The van der Waals surface area contributed by atoms with E-state index in [2.05, 4.69) is 32.3 Å². The monoisotopic (exact) mass is 412 g/mol. The molecule has 2 aromatic heterocycles. The van der Waals surface area contributed by atoms with Gasteiger partial charge in [0.15, 0.2) is 5.16 Å².